The van der Waals surface area contributed by atoms with Gasteiger partial charge in [0.2, 0.25) is 0 Å². The smallest absolute Gasteiger partial charge is 0.278 e. The molecule has 0 radical (unpaired) electrons. The second kappa shape index (κ2) is 8.82. The molecule has 1 aromatic rings. The molecule has 1 atom stereocenters. The number of carbonyl (C=O) groups is 1. The lowest BCUT2D eigenvalue weighted by atomic mass is 9.89. The van der Waals surface area contributed by atoms with Gasteiger partial charge in [-0.25, -0.2) is 8.42 Å². The van der Waals surface area contributed by atoms with Gasteiger partial charge in [-0.05, 0) is 37.1 Å². The van der Waals surface area contributed by atoms with Crippen LogP contribution in [-0.4, -0.2) is 57.4 Å². The zero-order valence-electron chi connectivity index (χ0n) is 15.4. The summed E-state index contributed by atoms with van der Waals surface area (Å²) < 4.78 is 27.1. The summed E-state index contributed by atoms with van der Waals surface area (Å²) in [5.74, 6) is 0.725. The second-order valence-corrected chi connectivity index (χ2v) is 10.6. The Morgan fingerprint density at radius 2 is 2.00 bits per heavy atom. The Balaban J connectivity index is 1.47. The van der Waals surface area contributed by atoms with Crippen LogP contribution in [0.4, 0.5) is 0 Å². The molecule has 1 saturated carbocycles. The van der Waals surface area contributed by atoms with E-state index in [1.54, 1.807) is 21.8 Å². The summed E-state index contributed by atoms with van der Waals surface area (Å²) in [6, 6.07) is 3.28. The first-order chi connectivity index (χ1) is 12.5. The van der Waals surface area contributed by atoms with Crippen LogP contribution in [-0.2, 0) is 14.8 Å². The van der Waals surface area contributed by atoms with Crippen LogP contribution in [0, 0.1) is 5.92 Å². The van der Waals surface area contributed by atoms with Crippen LogP contribution in [0.5, 0.6) is 0 Å². The molecule has 1 amide bonds. The maximum Gasteiger partial charge on any atom is 0.278 e. The molecular formula is C18H30N3O3S2+. The quantitative estimate of drug-likeness (QED) is 0.739. The lowest BCUT2D eigenvalue weighted by Crippen LogP contribution is -3.19. The van der Waals surface area contributed by atoms with Crippen molar-refractivity contribution in [3.05, 3.63) is 17.5 Å². The lowest BCUT2D eigenvalue weighted by molar-refractivity contribution is -0.917. The number of rotatable bonds is 6. The Morgan fingerprint density at radius 3 is 2.62 bits per heavy atom. The molecular weight excluding hydrogens is 370 g/mol. The summed E-state index contributed by atoms with van der Waals surface area (Å²) in [6.45, 7) is 5.02. The van der Waals surface area contributed by atoms with E-state index in [0.29, 0.717) is 36.3 Å². The fourth-order valence-electron chi connectivity index (χ4n) is 3.96. The van der Waals surface area contributed by atoms with E-state index in [1.807, 2.05) is 6.92 Å². The predicted octanol–water partition coefficient (Wildman–Crippen LogP) is 0.722. The van der Waals surface area contributed by atoms with Crippen molar-refractivity contribution in [2.45, 2.75) is 49.3 Å². The first-order valence-electron chi connectivity index (χ1n) is 9.64. The Kier molecular flexibility index (Phi) is 6.71. The maximum atomic E-state index is 12.6. The molecule has 6 nitrogen and oxygen atoms in total. The number of sulfonamides is 1. The molecule has 0 bridgehead atoms. The van der Waals surface area contributed by atoms with E-state index in [9.17, 15) is 13.2 Å². The number of piperazine rings is 1. The molecule has 2 N–H and O–H groups in total. The fourth-order valence-corrected chi connectivity index (χ4v) is 6.54. The van der Waals surface area contributed by atoms with Crippen molar-refractivity contribution in [1.29, 1.82) is 0 Å². The van der Waals surface area contributed by atoms with Crippen molar-refractivity contribution in [2.24, 2.45) is 5.92 Å². The summed E-state index contributed by atoms with van der Waals surface area (Å²) in [5, 5.41) is 4.91. The number of amides is 1. The minimum absolute atomic E-state index is 0.0973. The van der Waals surface area contributed by atoms with Gasteiger partial charge in [0.15, 0.2) is 6.04 Å². The summed E-state index contributed by atoms with van der Waals surface area (Å²) in [5.41, 5.74) is 0. The fraction of sp³-hybridized carbons (Fsp3) is 0.722. The molecule has 1 aliphatic carbocycles. The third-order valence-corrected chi connectivity index (χ3v) is 9.02. The Labute approximate surface area is 160 Å². The van der Waals surface area contributed by atoms with Crippen molar-refractivity contribution in [3.8, 4) is 0 Å². The number of hydrogen-bond donors (Lipinski definition) is 2. The molecule has 1 aromatic heterocycles. The first kappa shape index (κ1) is 19.8. The predicted molar refractivity (Wildman–Crippen MR) is 103 cm³/mol. The average Bonchev–Trinajstić information content (AvgIpc) is 3.22. The highest BCUT2D eigenvalue weighted by molar-refractivity contribution is 7.91. The van der Waals surface area contributed by atoms with Gasteiger partial charge >= 0.3 is 0 Å². The summed E-state index contributed by atoms with van der Waals surface area (Å²) >= 11 is 1.26. The van der Waals surface area contributed by atoms with Crippen LogP contribution in [0.1, 0.15) is 39.0 Å². The molecule has 1 aliphatic heterocycles. The van der Waals surface area contributed by atoms with Crippen LogP contribution >= 0.6 is 11.3 Å². The van der Waals surface area contributed by atoms with E-state index in [2.05, 4.69) is 5.32 Å². The standard InChI is InChI=1S/C18H29N3O3S2/c1-15(18(22)19-14-16-6-3-2-4-7-16)20-9-11-21(12-10-20)26(23,24)17-8-5-13-25-17/h5,8,13,15-16H,2-4,6-7,9-12,14H2,1H3,(H,19,22)/p+1/t15-/m1/s1. The zero-order chi connectivity index (χ0) is 18.6. The minimum atomic E-state index is -3.37. The monoisotopic (exact) mass is 400 g/mol. The van der Waals surface area contributed by atoms with Crippen LogP contribution < -0.4 is 10.2 Å². The third-order valence-electron chi connectivity index (χ3n) is 5.75. The Bertz CT molecular complexity index is 677. The van der Waals surface area contributed by atoms with Crippen LogP contribution in [0.2, 0.25) is 0 Å². The van der Waals surface area contributed by atoms with Crippen LogP contribution in [0.25, 0.3) is 0 Å². The van der Waals surface area contributed by atoms with Gasteiger partial charge in [-0.15, -0.1) is 11.3 Å². The van der Waals surface area contributed by atoms with Crippen molar-refractivity contribution in [2.75, 3.05) is 32.7 Å². The lowest BCUT2D eigenvalue weighted by Gasteiger charge is -2.34. The highest BCUT2D eigenvalue weighted by Crippen LogP contribution is 2.23. The van der Waals surface area contributed by atoms with E-state index in [0.717, 1.165) is 6.54 Å². The highest BCUT2D eigenvalue weighted by atomic mass is 32.2. The topological polar surface area (TPSA) is 70.9 Å². The summed E-state index contributed by atoms with van der Waals surface area (Å²) in [4.78, 5) is 13.7. The van der Waals surface area contributed by atoms with Gasteiger partial charge < -0.3 is 10.2 Å². The van der Waals surface area contributed by atoms with Crippen LogP contribution in [0.15, 0.2) is 21.7 Å². The van der Waals surface area contributed by atoms with E-state index < -0.39 is 10.0 Å². The molecule has 146 valence electrons. The molecule has 2 heterocycles. The summed E-state index contributed by atoms with van der Waals surface area (Å²) in [7, 11) is -3.37. The van der Waals surface area contributed by atoms with Crippen molar-refractivity contribution >= 4 is 27.3 Å². The van der Waals surface area contributed by atoms with Crippen molar-refractivity contribution < 1.29 is 18.1 Å². The molecule has 3 rings (SSSR count). The molecule has 0 aromatic carbocycles. The van der Waals surface area contributed by atoms with E-state index in [4.69, 9.17) is 0 Å². The van der Waals surface area contributed by atoms with Gasteiger partial charge in [-0.2, -0.15) is 4.31 Å². The molecule has 2 fully saturated rings. The average molecular weight is 401 g/mol. The number of nitrogens with zero attached hydrogens (tertiary/aromatic N) is 1. The minimum Gasteiger partial charge on any atom is -0.351 e. The summed E-state index contributed by atoms with van der Waals surface area (Å²) in [6.07, 6.45) is 6.33. The van der Waals surface area contributed by atoms with Crippen molar-refractivity contribution in [3.63, 3.8) is 0 Å². The van der Waals surface area contributed by atoms with Gasteiger partial charge in [-0.1, -0.05) is 25.3 Å². The number of thiophene rings is 1. The molecule has 2 aliphatic rings. The molecule has 0 spiro atoms. The Hall–Kier alpha value is -0.960. The first-order valence-corrected chi connectivity index (χ1v) is 12.0. The number of carbonyl (C=O) groups excluding carboxylic acids is 1. The van der Waals surface area contributed by atoms with Crippen LogP contribution in [0.3, 0.4) is 0 Å². The molecule has 1 saturated heterocycles. The van der Waals surface area contributed by atoms with Gasteiger partial charge in [-0.3, -0.25) is 4.79 Å². The number of nitrogens with one attached hydrogen (secondary N) is 2. The van der Waals surface area contributed by atoms with Crippen molar-refractivity contribution in [1.82, 2.24) is 9.62 Å². The Morgan fingerprint density at radius 1 is 1.31 bits per heavy atom. The SMILES string of the molecule is C[C@H](C(=O)NCC1CCCCC1)[NH+]1CCN(S(=O)(=O)c2cccs2)CC1. The van der Waals surface area contributed by atoms with E-state index >= 15 is 0 Å². The second-order valence-electron chi connectivity index (χ2n) is 7.47. The van der Waals surface area contributed by atoms with Gasteiger partial charge in [0, 0.05) is 6.54 Å². The van der Waals surface area contributed by atoms with E-state index in [-0.39, 0.29) is 11.9 Å². The molecule has 0 unspecified atom stereocenters. The third kappa shape index (κ3) is 4.65. The molecule has 26 heavy (non-hydrogen) atoms. The number of hydrogen-bond acceptors (Lipinski definition) is 4. The number of quaternary nitrogens is 1. The van der Waals surface area contributed by atoms with Gasteiger partial charge in [0.25, 0.3) is 15.9 Å². The maximum absolute atomic E-state index is 12.6. The largest absolute Gasteiger partial charge is 0.351 e. The van der Waals surface area contributed by atoms with Gasteiger partial charge in [0.05, 0.1) is 26.2 Å². The van der Waals surface area contributed by atoms with Gasteiger partial charge in [0.1, 0.15) is 4.21 Å². The zero-order valence-corrected chi connectivity index (χ0v) is 17.1. The molecule has 8 heteroatoms. The normalized spacial score (nSPS) is 22.2. The van der Waals surface area contributed by atoms with E-state index in [1.165, 1.54) is 48.3 Å². The highest BCUT2D eigenvalue weighted by Gasteiger charge is 2.34.